The number of hydrogen-bond donors (Lipinski definition) is 1. The van der Waals surface area contributed by atoms with E-state index in [1.54, 1.807) is 36.4 Å². The molecule has 1 amide bonds. The van der Waals surface area contributed by atoms with E-state index in [2.05, 4.69) is 5.32 Å². The highest BCUT2D eigenvalue weighted by Crippen LogP contribution is 2.22. The molecule has 0 atom stereocenters. The molecule has 7 heteroatoms. The predicted molar refractivity (Wildman–Crippen MR) is 110 cm³/mol. The van der Waals surface area contributed by atoms with Crippen LogP contribution in [0.2, 0.25) is 5.02 Å². The van der Waals surface area contributed by atoms with E-state index in [-0.39, 0.29) is 5.57 Å². The number of hydrogen-bond acceptors (Lipinski definition) is 5. The van der Waals surface area contributed by atoms with Crippen LogP contribution in [0.15, 0.2) is 48.0 Å². The Balaban J connectivity index is 1.97. The van der Waals surface area contributed by atoms with Gasteiger partial charge in [0.15, 0.2) is 6.61 Å². The fourth-order valence-corrected chi connectivity index (χ4v) is 2.57. The summed E-state index contributed by atoms with van der Waals surface area (Å²) >= 11 is 6.05. The molecule has 0 spiro atoms. The van der Waals surface area contributed by atoms with Crippen molar-refractivity contribution in [3.63, 3.8) is 0 Å². The van der Waals surface area contributed by atoms with Gasteiger partial charge in [0, 0.05) is 19.8 Å². The van der Waals surface area contributed by atoms with E-state index in [9.17, 15) is 14.9 Å². The van der Waals surface area contributed by atoms with E-state index in [4.69, 9.17) is 16.3 Å². The minimum atomic E-state index is -0.871. The molecule has 0 aliphatic rings. The first kappa shape index (κ1) is 21.0. The summed E-state index contributed by atoms with van der Waals surface area (Å²) in [6.07, 6.45) is 1.41. The normalized spacial score (nSPS) is 10.8. The Hall–Kier alpha value is -3.30. The molecule has 28 heavy (non-hydrogen) atoms. The van der Waals surface area contributed by atoms with Crippen LogP contribution in [0.25, 0.3) is 6.08 Å². The maximum Gasteiger partial charge on any atom is 0.349 e. The number of anilines is 2. The number of carbonyl (C=O) groups excluding carboxylic acids is 2. The van der Waals surface area contributed by atoms with Gasteiger partial charge in [0.2, 0.25) is 0 Å². The molecule has 0 aromatic heterocycles. The SMILES string of the molecule is Cc1ccc(NC(=O)COC(=O)/C(C#N)=C/c2ccc(N(C)C)cc2)c(Cl)c1. The van der Waals surface area contributed by atoms with Crippen molar-refractivity contribution in [3.8, 4) is 6.07 Å². The minimum Gasteiger partial charge on any atom is -0.451 e. The van der Waals surface area contributed by atoms with Gasteiger partial charge in [-0.05, 0) is 48.4 Å². The Bertz CT molecular complexity index is 944. The molecule has 1 N–H and O–H groups in total. The van der Waals surface area contributed by atoms with Gasteiger partial charge in [0.1, 0.15) is 11.6 Å². The molecule has 0 fully saturated rings. The second-order valence-electron chi connectivity index (χ2n) is 6.26. The molecule has 0 unspecified atom stereocenters. The van der Waals surface area contributed by atoms with Crippen molar-refractivity contribution in [2.75, 3.05) is 30.9 Å². The summed E-state index contributed by atoms with van der Waals surface area (Å²) in [5, 5.41) is 12.2. The lowest BCUT2D eigenvalue weighted by molar-refractivity contribution is -0.142. The van der Waals surface area contributed by atoms with E-state index < -0.39 is 18.5 Å². The third kappa shape index (κ3) is 5.86. The number of rotatable bonds is 6. The first-order chi connectivity index (χ1) is 13.3. The average Bonchev–Trinajstić information content (AvgIpc) is 2.66. The fraction of sp³-hybridized carbons (Fsp3) is 0.190. The average molecular weight is 398 g/mol. The number of esters is 1. The number of aryl methyl sites for hydroxylation is 1. The molecular formula is C21H20ClN3O3. The van der Waals surface area contributed by atoms with Crippen LogP contribution in [0.4, 0.5) is 11.4 Å². The van der Waals surface area contributed by atoms with Crippen molar-refractivity contribution in [1.29, 1.82) is 5.26 Å². The molecule has 6 nitrogen and oxygen atoms in total. The number of amides is 1. The number of carbonyl (C=O) groups is 2. The minimum absolute atomic E-state index is 0.196. The van der Waals surface area contributed by atoms with Crippen LogP contribution in [0.3, 0.4) is 0 Å². The smallest absolute Gasteiger partial charge is 0.349 e. The summed E-state index contributed by atoms with van der Waals surface area (Å²) in [4.78, 5) is 26.0. The highest BCUT2D eigenvalue weighted by Gasteiger charge is 2.14. The summed E-state index contributed by atoms with van der Waals surface area (Å²) in [5.41, 5.74) is 2.85. The number of nitrogens with one attached hydrogen (secondary N) is 1. The molecule has 2 aromatic rings. The van der Waals surface area contributed by atoms with E-state index in [1.807, 2.05) is 38.1 Å². The van der Waals surface area contributed by atoms with Gasteiger partial charge in [-0.1, -0.05) is 29.8 Å². The number of benzene rings is 2. The van der Waals surface area contributed by atoms with Crippen LogP contribution in [0, 0.1) is 18.3 Å². The zero-order valence-electron chi connectivity index (χ0n) is 15.8. The molecule has 2 aromatic carbocycles. The van der Waals surface area contributed by atoms with Crippen LogP contribution in [0.1, 0.15) is 11.1 Å². The molecule has 0 radical (unpaired) electrons. The van der Waals surface area contributed by atoms with Crippen molar-refractivity contribution in [1.82, 2.24) is 0 Å². The van der Waals surface area contributed by atoms with Crippen LogP contribution < -0.4 is 10.2 Å². The molecular weight excluding hydrogens is 378 g/mol. The largest absolute Gasteiger partial charge is 0.451 e. The Morgan fingerprint density at radius 2 is 1.89 bits per heavy atom. The second-order valence-corrected chi connectivity index (χ2v) is 6.67. The zero-order valence-corrected chi connectivity index (χ0v) is 16.6. The Kier molecular flexibility index (Phi) is 7.19. The van der Waals surface area contributed by atoms with Crippen LogP contribution in [-0.2, 0) is 14.3 Å². The van der Waals surface area contributed by atoms with Crippen molar-refractivity contribution < 1.29 is 14.3 Å². The van der Waals surface area contributed by atoms with Crippen LogP contribution in [-0.4, -0.2) is 32.6 Å². The monoisotopic (exact) mass is 397 g/mol. The predicted octanol–water partition coefficient (Wildman–Crippen LogP) is 3.80. The van der Waals surface area contributed by atoms with Gasteiger partial charge in [-0.15, -0.1) is 0 Å². The van der Waals surface area contributed by atoms with Gasteiger partial charge in [-0.2, -0.15) is 5.26 Å². The lowest BCUT2D eigenvalue weighted by Crippen LogP contribution is -2.21. The summed E-state index contributed by atoms with van der Waals surface area (Å²) in [6.45, 7) is 1.35. The number of ether oxygens (including phenoxy) is 1. The van der Waals surface area contributed by atoms with Gasteiger partial charge in [-0.25, -0.2) is 4.79 Å². The Morgan fingerprint density at radius 1 is 1.21 bits per heavy atom. The zero-order chi connectivity index (χ0) is 20.7. The third-order valence-electron chi connectivity index (χ3n) is 3.79. The number of halogens is 1. The topological polar surface area (TPSA) is 82.4 Å². The Labute approximate surface area is 169 Å². The highest BCUT2D eigenvalue weighted by atomic mass is 35.5. The first-order valence-corrected chi connectivity index (χ1v) is 8.80. The molecule has 0 saturated heterocycles. The maximum absolute atomic E-state index is 12.1. The quantitative estimate of drug-likeness (QED) is 0.455. The lowest BCUT2D eigenvalue weighted by atomic mass is 10.1. The number of nitriles is 1. The summed E-state index contributed by atoms with van der Waals surface area (Å²) in [7, 11) is 3.83. The standard InChI is InChI=1S/C21H20ClN3O3/c1-14-4-9-19(18(22)10-14)24-20(26)13-28-21(27)16(12-23)11-15-5-7-17(8-6-15)25(2)3/h4-11H,13H2,1-3H3,(H,24,26)/b16-11+. The molecule has 0 heterocycles. The van der Waals surface area contributed by atoms with Gasteiger partial charge in [0.25, 0.3) is 5.91 Å². The van der Waals surface area contributed by atoms with E-state index in [1.165, 1.54) is 6.08 Å². The Morgan fingerprint density at radius 3 is 2.46 bits per heavy atom. The molecule has 0 bridgehead atoms. The van der Waals surface area contributed by atoms with E-state index >= 15 is 0 Å². The second kappa shape index (κ2) is 9.58. The van der Waals surface area contributed by atoms with Gasteiger partial charge in [0.05, 0.1) is 10.7 Å². The molecule has 0 saturated carbocycles. The summed E-state index contributed by atoms with van der Waals surface area (Å²) < 4.78 is 4.93. The van der Waals surface area contributed by atoms with Crippen molar-refractivity contribution >= 4 is 40.9 Å². The maximum atomic E-state index is 12.1. The first-order valence-electron chi connectivity index (χ1n) is 8.42. The van der Waals surface area contributed by atoms with Crippen LogP contribution >= 0.6 is 11.6 Å². The van der Waals surface area contributed by atoms with Crippen molar-refractivity contribution in [3.05, 3.63) is 64.2 Å². The summed E-state index contributed by atoms with van der Waals surface area (Å²) in [5.74, 6) is -1.42. The molecule has 0 aliphatic carbocycles. The van der Waals surface area contributed by atoms with Crippen LogP contribution in [0.5, 0.6) is 0 Å². The van der Waals surface area contributed by atoms with Gasteiger partial charge in [-0.3, -0.25) is 4.79 Å². The third-order valence-corrected chi connectivity index (χ3v) is 4.11. The van der Waals surface area contributed by atoms with Crippen molar-refractivity contribution in [2.45, 2.75) is 6.92 Å². The van der Waals surface area contributed by atoms with E-state index in [0.717, 1.165) is 11.3 Å². The molecule has 0 aliphatic heterocycles. The summed E-state index contributed by atoms with van der Waals surface area (Å²) in [6, 6.07) is 14.3. The fourth-order valence-electron chi connectivity index (χ4n) is 2.29. The van der Waals surface area contributed by atoms with Crippen molar-refractivity contribution in [2.24, 2.45) is 0 Å². The van der Waals surface area contributed by atoms with Gasteiger partial charge < -0.3 is 15.0 Å². The lowest BCUT2D eigenvalue weighted by Gasteiger charge is -2.12. The molecule has 144 valence electrons. The highest BCUT2D eigenvalue weighted by molar-refractivity contribution is 6.33. The number of nitrogens with zero attached hydrogens (tertiary/aromatic N) is 2. The van der Waals surface area contributed by atoms with Gasteiger partial charge >= 0.3 is 5.97 Å². The van der Waals surface area contributed by atoms with E-state index in [0.29, 0.717) is 16.3 Å². The molecule has 2 rings (SSSR count).